The zero-order chi connectivity index (χ0) is 26.4. The highest BCUT2D eigenvalue weighted by Crippen LogP contribution is 2.10. The summed E-state index contributed by atoms with van der Waals surface area (Å²) in [6, 6.07) is -5.05. The minimum Gasteiger partial charge on any atom is -0.481 e. The van der Waals surface area contributed by atoms with Crippen LogP contribution >= 0.6 is 11.8 Å². The predicted octanol–water partition coefficient (Wildman–Crippen LogP) is -1.61. The number of carboxylic acids is 2. The smallest absolute Gasteiger partial charge is 0.326 e. The fourth-order valence-corrected chi connectivity index (χ4v) is 3.30. The summed E-state index contributed by atoms with van der Waals surface area (Å²) in [4.78, 5) is 71.5. The van der Waals surface area contributed by atoms with Crippen molar-refractivity contribution in [3.63, 3.8) is 0 Å². The molecule has 0 aliphatic carbocycles. The number of nitrogens with two attached hydrogens (primary N) is 2. The molecule has 13 nitrogen and oxygen atoms in total. The second-order valence-electron chi connectivity index (χ2n) is 7.82. The summed E-state index contributed by atoms with van der Waals surface area (Å²) in [5, 5.41) is 25.4. The molecule has 0 aromatic rings. The third-order valence-corrected chi connectivity index (χ3v) is 5.71. The van der Waals surface area contributed by atoms with Crippen LogP contribution in [0.1, 0.15) is 46.0 Å². The van der Waals surface area contributed by atoms with Crippen LogP contribution in [0.25, 0.3) is 0 Å². The molecule has 14 heteroatoms. The SMILES string of the molecule is CCC(C)C(NC(=O)C(CCSC)NC(=O)C(CCC(N)=O)NC(=O)C(N)CC(=O)O)C(=O)O. The van der Waals surface area contributed by atoms with Gasteiger partial charge >= 0.3 is 11.9 Å². The number of carbonyl (C=O) groups is 6. The lowest BCUT2D eigenvalue weighted by atomic mass is 9.98. The van der Waals surface area contributed by atoms with Gasteiger partial charge in [-0.2, -0.15) is 11.8 Å². The zero-order valence-corrected chi connectivity index (χ0v) is 20.4. The fraction of sp³-hybridized carbons (Fsp3) is 0.700. The third-order valence-electron chi connectivity index (χ3n) is 5.06. The maximum Gasteiger partial charge on any atom is 0.326 e. The molecule has 0 aromatic heterocycles. The first-order chi connectivity index (χ1) is 15.8. The Hall–Kier alpha value is -2.87. The van der Waals surface area contributed by atoms with Gasteiger partial charge in [-0.05, 0) is 30.8 Å². The van der Waals surface area contributed by atoms with E-state index in [0.29, 0.717) is 12.2 Å². The molecule has 194 valence electrons. The zero-order valence-electron chi connectivity index (χ0n) is 19.5. The first kappa shape index (κ1) is 31.1. The molecule has 9 N–H and O–H groups in total. The lowest BCUT2D eigenvalue weighted by Crippen LogP contribution is -2.58. The molecule has 0 aliphatic rings. The highest BCUT2D eigenvalue weighted by molar-refractivity contribution is 7.98. The van der Waals surface area contributed by atoms with E-state index in [4.69, 9.17) is 16.6 Å². The van der Waals surface area contributed by atoms with E-state index < -0.39 is 66.2 Å². The number of rotatable bonds is 17. The molecule has 0 spiro atoms. The molecule has 5 atom stereocenters. The van der Waals surface area contributed by atoms with Crippen LogP contribution in [0, 0.1) is 5.92 Å². The molecule has 0 rings (SSSR count). The van der Waals surface area contributed by atoms with Crippen molar-refractivity contribution < 1.29 is 39.0 Å². The van der Waals surface area contributed by atoms with Crippen LogP contribution in [0.4, 0.5) is 0 Å². The summed E-state index contributed by atoms with van der Waals surface area (Å²) in [6.45, 7) is 3.45. The summed E-state index contributed by atoms with van der Waals surface area (Å²) >= 11 is 1.40. The first-order valence-electron chi connectivity index (χ1n) is 10.7. The maximum absolute atomic E-state index is 12.9. The van der Waals surface area contributed by atoms with Crippen LogP contribution in [-0.2, 0) is 28.8 Å². The number of nitrogens with one attached hydrogen (secondary N) is 3. The Balaban J connectivity index is 5.58. The van der Waals surface area contributed by atoms with Crippen molar-refractivity contribution in [3.8, 4) is 0 Å². The Kier molecular flexibility index (Phi) is 14.5. The lowest BCUT2D eigenvalue weighted by Gasteiger charge is -2.26. The Labute approximate surface area is 202 Å². The Morgan fingerprint density at radius 1 is 0.912 bits per heavy atom. The maximum atomic E-state index is 12.9. The Bertz CT molecular complexity index is 750. The van der Waals surface area contributed by atoms with Crippen LogP contribution < -0.4 is 27.4 Å². The van der Waals surface area contributed by atoms with Crippen molar-refractivity contribution in [3.05, 3.63) is 0 Å². The normalized spacial score (nSPS) is 15.2. The van der Waals surface area contributed by atoms with E-state index in [2.05, 4.69) is 16.0 Å². The molecule has 0 aromatic carbocycles. The van der Waals surface area contributed by atoms with E-state index >= 15 is 0 Å². The van der Waals surface area contributed by atoms with Gasteiger partial charge in [-0.1, -0.05) is 20.3 Å². The minimum atomic E-state index is -1.44. The number of carboxylic acid groups (broad SMARTS) is 2. The van der Waals surface area contributed by atoms with Crippen molar-refractivity contribution >= 4 is 47.3 Å². The number of thioether (sulfide) groups is 1. The molecule has 0 heterocycles. The standard InChI is InChI=1S/C20H35N5O8S/c1-4-10(2)16(20(32)33)25-19(31)13(7-8-34-3)24-18(30)12(5-6-14(22)26)23-17(29)11(21)9-15(27)28/h10-13,16H,4-9,21H2,1-3H3,(H2,22,26)(H,23,29)(H,24,30)(H,25,31)(H,27,28)(H,32,33). The summed E-state index contributed by atoms with van der Waals surface area (Å²) in [6.07, 6.45) is 1.28. The summed E-state index contributed by atoms with van der Waals surface area (Å²) < 4.78 is 0. The third kappa shape index (κ3) is 11.8. The number of aliphatic carboxylic acids is 2. The second-order valence-corrected chi connectivity index (χ2v) is 8.81. The molecule has 4 amide bonds. The summed E-state index contributed by atoms with van der Waals surface area (Å²) in [5.74, 6) is -5.64. The van der Waals surface area contributed by atoms with E-state index in [1.807, 2.05) is 0 Å². The topological polar surface area (TPSA) is 231 Å². The average Bonchev–Trinajstić information content (AvgIpc) is 2.75. The van der Waals surface area contributed by atoms with Gasteiger partial charge in [-0.3, -0.25) is 24.0 Å². The minimum absolute atomic E-state index is 0.167. The van der Waals surface area contributed by atoms with Crippen LogP contribution in [0.15, 0.2) is 0 Å². The van der Waals surface area contributed by atoms with Crippen LogP contribution in [-0.4, -0.2) is 82.0 Å². The number of hydrogen-bond donors (Lipinski definition) is 7. The molecule has 0 fully saturated rings. The molecule has 0 saturated carbocycles. The highest BCUT2D eigenvalue weighted by atomic mass is 32.2. The number of primary amides is 1. The largest absolute Gasteiger partial charge is 0.481 e. The van der Waals surface area contributed by atoms with Crippen molar-refractivity contribution in [1.29, 1.82) is 0 Å². The van der Waals surface area contributed by atoms with E-state index in [9.17, 15) is 33.9 Å². The quantitative estimate of drug-likeness (QED) is 0.119. The van der Waals surface area contributed by atoms with Crippen LogP contribution in [0.3, 0.4) is 0 Å². The van der Waals surface area contributed by atoms with Crippen LogP contribution in [0.2, 0.25) is 0 Å². The van der Waals surface area contributed by atoms with Gasteiger partial charge in [0.05, 0.1) is 12.5 Å². The summed E-state index contributed by atoms with van der Waals surface area (Å²) in [5.41, 5.74) is 10.7. The van der Waals surface area contributed by atoms with Gasteiger partial charge in [0, 0.05) is 6.42 Å². The highest BCUT2D eigenvalue weighted by Gasteiger charge is 2.32. The molecule has 0 saturated heterocycles. The number of hydrogen-bond acceptors (Lipinski definition) is 8. The van der Waals surface area contributed by atoms with Crippen molar-refractivity contribution in [2.45, 2.75) is 70.1 Å². The van der Waals surface area contributed by atoms with Crippen molar-refractivity contribution in [1.82, 2.24) is 16.0 Å². The Morgan fingerprint density at radius 3 is 1.91 bits per heavy atom. The van der Waals surface area contributed by atoms with Gasteiger partial charge in [-0.25, -0.2) is 4.79 Å². The second kappa shape index (κ2) is 15.9. The molecule has 0 bridgehead atoms. The van der Waals surface area contributed by atoms with E-state index in [1.54, 1.807) is 20.1 Å². The number of amides is 4. The van der Waals surface area contributed by atoms with E-state index in [-0.39, 0.29) is 25.2 Å². The lowest BCUT2D eigenvalue weighted by molar-refractivity contribution is -0.143. The van der Waals surface area contributed by atoms with E-state index in [1.165, 1.54) is 11.8 Å². The van der Waals surface area contributed by atoms with Gasteiger partial charge in [0.15, 0.2) is 0 Å². The molecular weight excluding hydrogens is 470 g/mol. The average molecular weight is 506 g/mol. The van der Waals surface area contributed by atoms with E-state index in [0.717, 1.165) is 0 Å². The number of carbonyl (C=O) groups excluding carboxylic acids is 4. The predicted molar refractivity (Wildman–Crippen MR) is 125 cm³/mol. The van der Waals surface area contributed by atoms with Gasteiger partial charge in [0.25, 0.3) is 0 Å². The van der Waals surface area contributed by atoms with Gasteiger partial charge in [-0.15, -0.1) is 0 Å². The fourth-order valence-electron chi connectivity index (χ4n) is 2.83. The molecule has 0 radical (unpaired) electrons. The Morgan fingerprint density at radius 2 is 1.44 bits per heavy atom. The molecule has 34 heavy (non-hydrogen) atoms. The van der Waals surface area contributed by atoms with Crippen molar-refractivity contribution in [2.24, 2.45) is 17.4 Å². The van der Waals surface area contributed by atoms with Crippen molar-refractivity contribution in [2.75, 3.05) is 12.0 Å². The van der Waals surface area contributed by atoms with Gasteiger partial charge < -0.3 is 37.6 Å². The first-order valence-corrected chi connectivity index (χ1v) is 12.1. The summed E-state index contributed by atoms with van der Waals surface area (Å²) in [7, 11) is 0. The molecule has 0 aliphatic heterocycles. The molecule has 5 unspecified atom stereocenters. The van der Waals surface area contributed by atoms with Gasteiger partial charge in [0.2, 0.25) is 23.6 Å². The monoisotopic (exact) mass is 505 g/mol. The molecular formula is C20H35N5O8S. The van der Waals surface area contributed by atoms with Crippen LogP contribution in [0.5, 0.6) is 0 Å². The van der Waals surface area contributed by atoms with Gasteiger partial charge in [0.1, 0.15) is 18.1 Å².